The first kappa shape index (κ1) is 17.0. The van der Waals surface area contributed by atoms with E-state index in [2.05, 4.69) is 27.6 Å². The van der Waals surface area contributed by atoms with Gasteiger partial charge in [-0.25, -0.2) is 5.10 Å². The Labute approximate surface area is 153 Å². The van der Waals surface area contributed by atoms with Crippen molar-refractivity contribution < 1.29 is 4.79 Å². The predicted octanol–water partition coefficient (Wildman–Crippen LogP) is 3.10. The highest BCUT2D eigenvalue weighted by Crippen LogP contribution is 2.32. The van der Waals surface area contributed by atoms with Gasteiger partial charge in [-0.3, -0.25) is 9.59 Å². The third-order valence-electron chi connectivity index (χ3n) is 5.76. The lowest BCUT2D eigenvalue weighted by Gasteiger charge is -2.24. The maximum absolute atomic E-state index is 12.6. The van der Waals surface area contributed by atoms with Crippen LogP contribution in [0.3, 0.4) is 0 Å². The summed E-state index contributed by atoms with van der Waals surface area (Å²) in [4.78, 5) is 24.0. The number of carbonyl (C=O) groups is 1. The molecule has 0 spiro atoms. The van der Waals surface area contributed by atoms with Crippen LogP contribution in [0.15, 0.2) is 35.1 Å². The lowest BCUT2D eigenvalue weighted by molar-refractivity contribution is 0.0933. The smallest absolute Gasteiger partial charge is 0.264 e. The van der Waals surface area contributed by atoms with Crippen LogP contribution in [0.5, 0.6) is 0 Å². The number of nitrogens with one attached hydrogen (secondary N) is 2. The molecule has 1 heterocycles. The van der Waals surface area contributed by atoms with Crippen molar-refractivity contribution in [1.29, 1.82) is 0 Å². The quantitative estimate of drug-likeness (QED) is 0.892. The van der Waals surface area contributed by atoms with E-state index in [-0.39, 0.29) is 17.5 Å². The second-order valence-corrected chi connectivity index (χ2v) is 7.57. The van der Waals surface area contributed by atoms with Crippen LogP contribution in [0.2, 0.25) is 0 Å². The summed E-state index contributed by atoms with van der Waals surface area (Å²) >= 11 is 0. The zero-order valence-electron chi connectivity index (χ0n) is 15.0. The maximum Gasteiger partial charge on any atom is 0.264 e. The topological polar surface area (TPSA) is 74.8 Å². The summed E-state index contributed by atoms with van der Waals surface area (Å²) in [6, 6.07) is 9.77. The van der Waals surface area contributed by atoms with Crippen LogP contribution < -0.4 is 10.9 Å². The van der Waals surface area contributed by atoms with E-state index in [1.165, 1.54) is 37.7 Å². The molecule has 2 aromatic rings. The fourth-order valence-corrected chi connectivity index (χ4v) is 4.27. The Morgan fingerprint density at radius 3 is 2.62 bits per heavy atom. The molecule has 1 unspecified atom stereocenters. The van der Waals surface area contributed by atoms with Gasteiger partial charge in [0.2, 0.25) is 0 Å². The van der Waals surface area contributed by atoms with Crippen LogP contribution in [0, 0.1) is 0 Å². The second kappa shape index (κ2) is 7.44. The number of aromatic nitrogens is 2. The zero-order valence-corrected chi connectivity index (χ0v) is 15.0. The second-order valence-electron chi connectivity index (χ2n) is 7.57. The van der Waals surface area contributed by atoms with Crippen molar-refractivity contribution in [3.05, 3.63) is 63.1 Å². The highest BCUT2D eigenvalue weighted by molar-refractivity contribution is 5.94. The first-order valence-corrected chi connectivity index (χ1v) is 9.67. The maximum atomic E-state index is 12.6. The van der Waals surface area contributed by atoms with Gasteiger partial charge in [0.1, 0.15) is 0 Å². The van der Waals surface area contributed by atoms with Crippen LogP contribution in [0.25, 0.3) is 0 Å². The third kappa shape index (κ3) is 3.71. The minimum Gasteiger partial charge on any atom is -0.349 e. The summed E-state index contributed by atoms with van der Waals surface area (Å²) < 4.78 is 0. The third-order valence-corrected chi connectivity index (χ3v) is 5.76. The van der Waals surface area contributed by atoms with Gasteiger partial charge in [-0.05, 0) is 61.3 Å². The molecule has 2 N–H and O–H groups in total. The van der Waals surface area contributed by atoms with Gasteiger partial charge in [0, 0.05) is 17.7 Å². The van der Waals surface area contributed by atoms with Crippen LogP contribution in [-0.2, 0) is 12.8 Å². The average Bonchev–Trinajstić information content (AvgIpc) is 2.68. The molecular weight excluding hydrogens is 326 g/mol. The molecular formula is C21H25N3O2. The van der Waals surface area contributed by atoms with Gasteiger partial charge in [-0.2, -0.15) is 5.10 Å². The van der Waals surface area contributed by atoms with Crippen molar-refractivity contribution in [3.8, 4) is 0 Å². The minimum absolute atomic E-state index is 0.0357. The molecule has 0 radical (unpaired) electrons. The summed E-state index contributed by atoms with van der Waals surface area (Å²) in [5, 5.41) is 9.69. The van der Waals surface area contributed by atoms with Crippen molar-refractivity contribution in [2.75, 3.05) is 0 Å². The molecule has 4 rings (SSSR count). The van der Waals surface area contributed by atoms with E-state index in [1.54, 1.807) is 6.07 Å². The molecule has 2 aliphatic rings. The Kier molecular flexibility index (Phi) is 4.87. The lowest BCUT2D eigenvalue weighted by atomic mass is 9.84. The number of aromatic amines is 1. The zero-order chi connectivity index (χ0) is 17.9. The van der Waals surface area contributed by atoms with E-state index < -0.39 is 0 Å². The Morgan fingerprint density at radius 1 is 1.08 bits per heavy atom. The van der Waals surface area contributed by atoms with Gasteiger partial charge in [0.15, 0.2) is 0 Å². The number of benzene rings is 1. The summed E-state index contributed by atoms with van der Waals surface area (Å²) in [6.07, 6.45) is 8.79. The number of hydrogen-bond acceptors (Lipinski definition) is 3. The van der Waals surface area contributed by atoms with E-state index in [1.807, 2.05) is 12.1 Å². The van der Waals surface area contributed by atoms with Gasteiger partial charge >= 0.3 is 0 Å². The molecule has 1 fully saturated rings. The predicted molar refractivity (Wildman–Crippen MR) is 100 cm³/mol. The number of aryl methyl sites for hydroxylation is 1. The SMILES string of the molecule is O=C(NC1CCc2n[nH]c(=O)cc2C1)c1ccc(C2CCCCC2)cc1. The number of rotatable bonds is 3. The fraction of sp³-hybridized carbons (Fsp3) is 0.476. The van der Waals surface area contributed by atoms with Gasteiger partial charge in [-0.15, -0.1) is 0 Å². The van der Waals surface area contributed by atoms with Crippen LogP contribution in [0.1, 0.15) is 71.6 Å². The Bertz CT molecular complexity index is 835. The summed E-state index contributed by atoms with van der Waals surface area (Å²) in [7, 11) is 0. The van der Waals surface area contributed by atoms with Gasteiger partial charge in [0.25, 0.3) is 11.5 Å². The van der Waals surface area contributed by atoms with Crippen molar-refractivity contribution in [2.24, 2.45) is 0 Å². The highest BCUT2D eigenvalue weighted by atomic mass is 16.1. The highest BCUT2D eigenvalue weighted by Gasteiger charge is 2.22. The monoisotopic (exact) mass is 351 g/mol. The van der Waals surface area contributed by atoms with Crippen molar-refractivity contribution in [2.45, 2.75) is 63.3 Å². The molecule has 136 valence electrons. The molecule has 0 aliphatic heterocycles. The van der Waals surface area contributed by atoms with Crippen molar-refractivity contribution >= 4 is 5.91 Å². The molecule has 1 saturated carbocycles. The van der Waals surface area contributed by atoms with E-state index in [0.717, 1.165) is 24.1 Å². The Hall–Kier alpha value is -2.43. The number of amides is 1. The largest absolute Gasteiger partial charge is 0.349 e. The molecule has 0 bridgehead atoms. The molecule has 5 heteroatoms. The average molecular weight is 351 g/mol. The number of nitrogens with zero attached hydrogens (tertiary/aromatic N) is 1. The number of fused-ring (bicyclic) bond motifs is 1. The molecule has 26 heavy (non-hydrogen) atoms. The molecule has 1 aromatic carbocycles. The molecule has 1 aromatic heterocycles. The molecule has 1 atom stereocenters. The summed E-state index contributed by atoms with van der Waals surface area (Å²) in [5.41, 5.74) is 3.76. The van der Waals surface area contributed by atoms with Gasteiger partial charge < -0.3 is 5.32 Å². The van der Waals surface area contributed by atoms with E-state index in [0.29, 0.717) is 17.9 Å². The minimum atomic E-state index is -0.186. The van der Waals surface area contributed by atoms with E-state index in [9.17, 15) is 9.59 Å². The first-order chi connectivity index (χ1) is 12.7. The van der Waals surface area contributed by atoms with E-state index >= 15 is 0 Å². The standard InChI is InChI=1S/C21H25N3O2/c25-20-13-17-12-18(10-11-19(17)23-24-20)22-21(26)16-8-6-15(7-9-16)14-4-2-1-3-5-14/h6-9,13-14,18H,1-5,10-12H2,(H,22,26)(H,24,25). The van der Waals surface area contributed by atoms with Gasteiger partial charge in [-0.1, -0.05) is 31.4 Å². The normalized spacial score (nSPS) is 20.4. The number of H-pyrrole nitrogens is 1. The molecule has 0 saturated heterocycles. The lowest BCUT2D eigenvalue weighted by Crippen LogP contribution is -2.39. The van der Waals surface area contributed by atoms with Crippen LogP contribution in [0.4, 0.5) is 0 Å². The Morgan fingerprint density at radius 2 is 1.85 bits per heavy atom. The molecule has 1 amide bonds. The summed E-state index contributed by atoms with van der Waals surface area (Å²) in [6.45, 7) is 0. The first-order valence-electron chi connectivity index (χ1n) is 9.67. The van der Waals surface area contributed by atoms with Crippen LogP contribution >= 0.6 is 0 Å². The van der Waals surface area contributed by atoms with E-state index in [4.69, 9.17) is 0 Å². The fourth-order valence-electron chi connectivity index (χ4n) is 4.27. The van der Waals surface area contributed by atoms with Gasteiger partial charge in [0.05, 0.1) is 5.69 Å². The number of hydrogen-bond donors (Lipinski definition) is 2. The van der Waals surface area contributed by atoms with Crippen molar-refractivity contribution in [1.82, 2.24) is 15.5 Å². The molecule has 2 aliphatic carbocycles. The number of carbonyl (C=O) groups excluding carboxylic acids is 1. The van der Waals surface area contributed by atoms with Crippen LogP contribution in [-0.4, -0.2) is 22.1 Å². The molecule has 5 nitrogen and oxygen atoms in total. The summed E-state index contributed by atoms with van der Waals surface area (Å²) in [5.74, 6) is 0.618. The Balaban J connectivity index is 1.39. The van der Waals surface area contributed by atoms with Crippen molar-refractivity contribution in [3.63, 3.8) is 0 Å².